The lowest BCUT2D eigenvalue weighted by molar-refractivity contribution is 0.701. The highest BCUT2D eigenvalue weighted by Crippen LogP contribution is 2.26. The summed E-state index contributed by atoms with van der Waals surface area (Å²) in [6, 6.07) is 12.7. The van der Waals surface area contributed by atoms with Gasteiger partial charge in [0.25, 0.3) is 0 Å². The second kappa shape index (κ2) is 5.62. The van der Waals surface area contributed by atoms with E-state index in [0.717, 1.165) is 13.1 Å². The molecule has 1 heterocycles. The number of nitrogens with one attached hydrogen (secondary N) is 1. The molecule has 3 heteroatoms. The van der Waals surface area contributed by atoms with Crippen LogP contribution >= 0.6 is 27.3 Å². The van der Waals surface area contributed by atoms with E-state index in [0.29, 0.717) is 0 Å². The van der Waals surface area contributed by atoms with Gasteiger partial charge in [-0.3, -0.25) is 0 Å². The van der Waals surface area contributed by atoms with Gasteiger partial charge in [0.2, 0.25) is 0 Å². The lowest BCUT2D eigenvalue weighted by Gasteiger charge is -2.02. The van der Waals surface area contributed by atoms with E-state index < -0.39 is 0 Å². The second-order valence-electron chi connectivity index (χ2n) is 3.71. The summed E-state index contributed by atoms with van der Waals surface area (Å²) in [5, 5.41) is 3.45. The number of benzene rings is 1. The normalized spacial score (nSPS) is 10.6. The zero-order valence-electron chi connectivity index (χ0n) is 9.16. The van der Waals surface area contributed by atoms with E-state index in [4.69, 9.17) is 0 Å². The van der Waals surface area contributed by atoms with E-state index in [1.807, 2.05) is 17.4 Å². The molecular formula is C13H14BrNS. The van der Waals surface area contributed by atoms with Gasteiger partial charge in [-0.15, -0.1) is 11.3 Å². The maximum Gasteiger partial charge on any atom is 0.0314 e. The van der Waals surface area contributed by atoms with Crippen LogP contribution in [0.1, 0.15) is 15.3 Å². The van der Waals surface area contributed by atoms with Crippen LogP contribution in [-0.2, 0) is 13.1 Å². The number of halogens is 1. The van der Waals surface area contributed by atoms with Gasteiger partial charge in [-0.1, -0.05) is 30.3 Å². The Hall–Kier alpha value is -0.640. The molecule has 0 aliphatic carbocycles. The van der Waals surface area contributed by atoms with E-state index >= 15 is 0 Å². The number of thiophene rings is 1. The molecule has 0 radical (unpaired) electrons. The Morgan fingerprint density at radius 2 is 1.94 bits per heavy atom. The fourth-order valence-corrected chi connectivity index (χ4v) is 3.10. The molecule has 0 bridgehead atoms. The third-order valence-electron chi connectivity index (χ3n) is 2.38. The van der Waals surface area contributed by atoms with Crippen LogP contribution in [0.3, 0.4) is 0 Å². The van der Waals surface area contributed by atoms with E-state index in [1.54, 1.807) is 0 Å². The molecule has 16 heavy (non-hydrogen) atoms. The predicted molar refractivity (Wildman–Crippen MR) is 73.7 cm³/mol. The highest BCUT2D eigenvalue weighted by Gasteiger charge is 2.01. The minimum atomic E-state index is 0.926. The average molecular weight is 296 g/mol. The first kappa shape index (κ1) is 11.8. The lowest BCUT2D eigenvalue weighted by atomic mass is 10.2. The minimum Gasteiger partial charge on any atom is -0.308 e. The van der Waals surface area contributed by atoms with Crippen LogP contribution in [0.2, 0.25) is 0 Å². The summed E-state index contributed by atoms with van der Waals surface area (Å²) < 4.78 is 1.22. The number of hydrogen-bond donors (Lipinski definition) is 1. The van der Waals surface area contributed by atoms with Gasteiger partial charge in [-0.25, -0.2) is 0 Å². The van der Waals surface area contributed by atoms with Gasteiger partial charge < -0.3 is 5.32 Å². The van der Waals surface area contributed by atoms with Crippen LogP contribution in [0.25, 0.3) is 0 Å². The molecule has 0 amide bonds. The van der Waals surface area contributed by atoms with E-state index in [9.17, 15) is 0 Å². The number of aryl methyl sites for hydroxylation is 1. The Kier molecular flexibility index (Phi) is 4.16. The summed E-state index contributed by atoms with van der Waals surface area (Å²) in [7, 11) is 0. The summed E-state index contributed by atoms with van der Waals surface area (Å²) in [5.41, 5.74) is 1.33. The van der Waals surface area contributed by atoms with E-state index in [-0.39, 0.29) is 0 Å². The van der Waals surface area contributed by atoms with Crippen LogP contribution in [0.5, 0.6) is 0 Å². The highest BCUT2D eigenvalue weighted by molar-refractivity contribution is 9.10. The fraction of sp³-hybridized carbons (Fsp3) is 0.231. The van der Waals surface area contributed by atoms with Gasteiger partial charge in [0.1, 0.15) is 0 Å². The minimum absolute atomic E-state index is 0.926. The summed E-state index contributed by atoms with van der Waals surface area (Å²) in [5.74, 6) is 0. The first-order valence-corrected chi connectivity index (χ1v) is 6.86. The molecule has 0 spiro atoms. The second-order valence-corrected chi connectivity index (χ2v) is 5.90. The Morgan fingerprint density at radius 1 is 1.19 bits per heavy atom. The Morgan fingerprint density at radius 3 is 2.56 bits per heavy atom. The molecule has 0 saturated heterocycles. The maximum absolute atomic E-state index is 3.54. The molecule has 0 saturated carbocycles. The topological polar surface area (TPSA) is 12.0 Å². The van der Waals surface area contributed by atoms with Crippen molar-refractivity contribution < 1.29 is 0 Å². The Balaban J connectivity index is 1.84. The molecule has 1 aromatic carbocycles. The van der Waals surface area contributed by atoms with Crippen molar-refractivity contribution >= 4 is 27.3 Å². The molecule has 0 atom stereocenters. The average Bonchev–Trinajstić information content (AvgIpc) is 2.60. The van der Waals surface area contributed by atoms with Crippen molar-refractivity contribution in [3.63, 3.8) is 0 Å². The molecule has 1 aromatic heterocycles. The quantitative estimate of drug-likeness (QED) is 0.895. The standard InChI is InChI=1S/C13H14BrNS/c1-10-13(14)7-12(16-10)9-15-8-11-5-3-2-4-6-11/h2-7,15H,8-9H2,1H3. The van der Waals surface area contributed by atoms with Gasteiger partial charge in [0.05, 0.1) is 0 Å². The Bertz CT molecular complexity index is 431. The largest absolute Gasteiger partial charge is 0.308 e. The fourth-order valence-electron chi connectivity index (χ4n) is 1.53. The van der Waals surface area contributed by atoms with Gasteiger partial charge in [0, 0.05) is 27.3 Å². The zero-order valence-corrected chi connectivity index (χ0v) is 11.6. The first-order valence-electron chi connectivity index (χ1n) is 5.25. The molecule has 0 aliphatic heterocycles. The molecule has 84 valence electrons. The van der Waals surface area contributed by atoms with Crippen molar-refractivity contribution in [2.24, 2.45) is 0 Å². The van der Waals surface area contributed by atoms with E-state index in [2.05, 4.69) is 58.5 Å². The Labute approximate surface area is 109 Å². The van der Waals surface area contributed by atoms with Crippen LogP contribution in [0, 0.1) is 6.92 Å². The number of hydrogen-bond acceptors (Lipinski definition) is 2. The number of rotatable bonds is 4. The van der Waals surface area contributed by atoms with Crippen molar-refractivity contribution in [1.82, 2.24) is 5.32 Å². The highest BCUT2D eigenvalue weighted by atomic mass is 79.9. The van der Waals surface area contributed by atoms with E-state index in [1.165, 1.54) is 19.8 Å². The summed E-state index contributed by atoms with van der Waals surface area (Å²) >= 11 is 5.38. The first-order chi connectivity index (χ1) is 7.75. The molecule has 1 nitrogen and oxygen atoms in total. The van der Waals surface area contributed by atoms with Crippen molar-refractivity contribution in [2.45, 2.75) is 20.0 Å². The maximum atomic E-state index is 3.54. The molecule has 2 aromatic rings. The van der Waals surface area contributed by atoms with Gasteiger partial charge >= 0.3 is 0 Å². The molecule has 0 fully saturated rings. The van der Waals surface area contributed by atoms with Crippen LogP contribution in [-0.4, -0.2) is 0 Å². The van der Waals surface area contributed by atoms with Gasteiger partial charge in [0.15, 0.2) is 0 Å². The summed E-state index contributed by atoms with van der Waals surface area (Å²) in [4.78, 5) is 2.72. The summed E-state index contributed by atoms with van der Waals surface area (Å²) in [6.45, 7) is 4.00. The van der Waals surface area contributed by atoms with Crippen LogP contribution in [0.4, 0.5) is 0 Å². The van der Waals surface area contributed by atoms with Crippen LogP contribution in [0.15, 0.2) is 40.9 Å². The molecule has 2 rings (SSSR count). The molecule has 1 N–H and O–H groups in total. The van der Waals surface area contributed by atoms with Crippen molar-refractivity contribution in [2.75, 3.05) is 0 Å². The van der Waals surface area contributed by atoms with Crippen molar-refractivity contribution in [1.29, 1.82) is 0 Å². The third-order valence-corrected chi connectivity index (χ3v) is 4.52. The third kappa shape index (κ3) is 3.17. The SMILES string of the molecule is Cc1sc(CNCc2ccccc2)cc1Br. The summed E-state index contributed by atoms with van der Waals surface area (Å²) in [6.07, 6.45) is 0. The van der Waals surface area contributed by atoms with Crippen molar-refractivity contribution in [3.8, 4) is 0 Å². The molecular weight excluding hydrogens is 282 g/mol. The van der Waals surface area contributed by atoms with Gasteiger partial charge in [-0.2, -0.15) is 0 Å². The zero-order chi connectivity index (χ0) is 11.4. The molecule has 0 unspecified atom stereocenters. The smallest absolute Gasteiger partial charge is 0.0314 e. The monoisotopic (exact) mass is 295 g/mol. The lowest BCUT2D eigenvalue weighted by Crippen LogP contribution is -2.11. The van der Waals surface area contributed by atoms with Gasteiger partial charge in [-0.05, 0) is 34.5 Å². The van der Waals surface area contributed by atoms with Crippen LogP contribution < -0.4 is 5.32 Å². The molecule has 0 aliphatic rings. The van der Waals surface area contributed by atoms with Crippen molar-refractivity contribution in [3.05, 3.63) is 56.2 Å². The predicted octanol–water partition coefficient (Wildman–Crippen LogP) is 4.11.